The molecule has 38 heavy (non-hydrogen) atoms. The average molecular weight is 522 g/mol. The Hall–Kier alpha value is -4.02. The molecule has 1 saturated heterocycles. The zero-order valence-corrected chi connectivity index (χ0v) is 21.7. The first-order valence-corrected chi connectivity index (χ1v) is 12.2. The number of β-amino-alcohol motifs (C(OH)–C–C–N with tert-alkyl or cyclic N) is 1. The molecule has 0 bridgehead atoms. The number of hydrogen-bond donors (Lipinski definition) is 2. The van der Waals surface area contributed by atoms with Gasteiger partial charge in [-0.25, -0.2) is 4.39 Å². The van der Waals surface area contributed by atoms with Crippen molar-refractivity contribution in [1.82, 2.24) is 14.8 Å². The lowest BCUT2D eigenvalue weighted by atomic mass is 9.98. The Kier molecular flexibility index (Phi) is 8.23. The van der Waals surface area contributed by atoms with Gasteiger partial charge in [0.05, 0.1) is 36.1 Å². The number of nitrogens with two attached hydrogens (primary N) is 1. The molecule has 1 aliphatic heterocycles. The second-order valence-electron chi connectivity index (χ2n) is 9.49. The first kappa shape index (κ1) is 27.0. The predicted octanol–water partition coefficient (Wildman–Crippen LogP) is 2.63. The van der Waals surface area contributed by atoms with Gasteiger partial charge in [0.1, 0.15) is 11.6 Å². The molecule has 2 aromatic carbocycles. The number of benzene rings is 2. The number of aliphatic hydroxyl groups is 1. The Bertz CT molecular complexity index is 1300. The minimum atomic E-state index is -0.894. The number of nitrogens with zero attached hydrogens (tertiary/aromatic N) is 4. The Balaban J connectivity index is 1.65. The van der Waals surface area contributed by atoms with Crippen molar-refractivity contribution in [3.63, 3.8) is 0 Å². The number of rotatable bonds is 8. The van der Waals surface area contributed by atoms with Crippen LogP contribution in [0.3, 0.4) is 0 Å². The van der Waals surface area contributed by atoms with Gasteiger partial charge in [0.15, 0.2) is 0 Å². The smallest absolute Gasteiger partial charge is 0.255 e. The number of halogens is 1. The van der Waals surface area contributed by atoms with Gasteiger partial charge in [0.2, 0.25) is 5.91 Å². The Morgan fingerprint density at radius 2 is 1.89 bits per heavy atom. The normalized spacial score (nSPS) is 16.7. The molecule has 0 saturated carbocycles. The summed E-state index contributed by atoms with van der Waals surface area (Å²) in [7, 11) is 4.95. The third kappa shape index (κ3) is 5.92. The summed E-state index contributed by atoms with van der Waals surface area (Å²) in [5.74, 6) is -0.528. The maximum atomic E-state index is 13.8. The molecule has 200 valence electrons. The third-order valence-electron chi connectivity index (χ3n) is 6.73. The molecule has 0 unspecified atom stereocenters. The molecule has 0 spiro atoms. The van der Waals surface area contributed by atoms with Gasteiger partial charge in [-0.05, 0) is 42.0 Å². The number of carbonyl (C=O) groups is 2. The summed E-state index contributed by atoms with van der Waals surface area (Å²) in [6, 6.07) is 13.1. The van der Waals surface area contributed by atoms with E-state index in [0.717, 1.165) is 11.3 Å². The molecular formula is C28H32FN5O4. The minimum Gasteiger partial charge on any atom is -0.497 e. The van der Waals surface area contributed by atoms with Gasteiger partial charge >= 0.3 is 0 Å². The lowest BCUT2D eigenvalue weighted by molar-refractivity contribution is 0.0826. The van der Waals surface area contributed by atoms with E-state index in [1.807, 2.05) is 12.1 Å². The van der Waals surface area contributed by atoms with Crippen molar-refractivity contribution < 1.29 is 23.8 Å². The zero-order valence-electron chi connectivity index (χ0n) is 21.7. The summed E-state index contributed by atoms with van der Waals surface area (Å²) in [5, 5.41) is 10.9. The van der Waals surface area contributed by atoms with E-state index in [1.165, 1.54) is 29.4 Å². The number of carbonyl (C=O) groups excluding carboxylic acids is 2. The van der Waals surface area contributed by atoms with Crippen LogP contribution in [-0.4, -0.2) is 79.1 Å². The number of piperazine rings is 1. The average Bonchev–Trinajstić information content (AvgIpc) is 2.92. The van der Waals surface area contributed by atoms with Crippen LogP contribution in [0.15, 0.2) is 60.9 Å². The van der Waals surface area contributed by atoms with Crippen LogP contribution in [0.25, 0.3) is 0 Å². The number of hydrogen-bond acceptors (Lipinski definition) is 7. The Morgan fingerprint density at radius 3 is 2.55 bits per heavy atom. The number of pyridine rings is 1. The Morgan fingerprint density at radius 1 is 1.16 bits per heavy atom. The fraction of sp³-hybridized carbons (Fsp3) is 0.321. The number of primary amides is 1. The van der Waals surface area contributed by atoms with Gasteiger partial charge in [0.25, 0.3) is 5.91 Å². The molecule has 4 rings (SSSR count). The van der Waals surface area contributed by atoms with Crippen molar-refractivity contribution in [2.75, 3.05) is 52.3 Å². The summed E-state index contributed by atoms with van der Waals surface area (Å²) >= 11 is 0. The van der Waals surface area contributed by atoms with Gasteiger partial charge in [-0.1, -0.05) is 12.1 Å². The summed E-state index contributed by atoms with van der Waals surface area (Å²) in [6.07, 6.45) is 1.99. The minimum absolute atomic E-state index is 0.156. The number of methoxy groups -OCH3 is 1. The summed E-state index contributed by atoms with van der Waals surface area (Å²) in [5.41, 5.74) is 8.22. The molecule has 3 aromatic rings. The number of ether oxygens (including phenoxy) is 1. The zero-order chi connectivity index (χ0) is 27.4. The van der Waals surface area contributed by atoms with Crippen LogP contribution in [0, 0.1) is 5.82 Å². The van der Waals surface area contributed by atoms with Crippen LogP contribution in [0.1, 0.15) is 44.0 Å². The van der Waals surface area contributed by atoms with E-state index in [4.69, 9.17) is 10.5 Å². The molecule has 1 aromatic heterocycles. The summed E-state index contributed by atoms with van der Waals surface area (Å²) in [4.78, 5) is 34.4. The van der Waals surface area contributed by atoms with E-state index in [2.05, 4.69) is 14.8 Å². The highest BCUT2D eigenvalue weighted by Gasteiger charge is 2.32. The molecule has 2 heterocycles. The van der Waals surface area contributed by atoms with E-state index in [1.54, 1.807) is 45.5 Å². The van der Waals surface area contributed by atoms with Gasteiger partial charge in [-0.2, -0.15) is 0 Å². The molecule has 1 fully saturated rings. The second-order valence-corrected chi connectivity index (χ2v) is 9.49. The SMILES string of the molecule is COc1ccc(N2CCN(C[C@@H](O)c3cncc(C(N)=O)c3)C[C@H]2c2ccc(F)cc2)c(C(=O)N(C)C)c1. The standard InChI is InChI=1S/C28H32FN5O4/c1-32(2)28(37)23-13-22(38-3)8-9-24(23)34-11-10-33(16-25(34)18-4-6-21(29)7-5-18)17-26(35)19-12-20(27(30)36)15-31-14-19/h4-9,12-15,25-26,35H,10-11,16-17H2,1-3H3,(H2,30,36)/t25-,26+/m0/s1. The van der Waals surface area contributed by atoms with Crippen LogP contribution in [0.2, 0.25) is 0 Å². The van der Waals surface area contributed by atoms with Crippen LogP contribution in [0.4, 0.5) is 10.1 Å². The van der Waals surface area contributed by atoms with Gasteiger partial charge < -0.3 is 25.4 Å². The van der Waals surface area contributed by atoms with E-state index < -0.39 is 12.0 Å². The maximum absolute atomic E-state index is 13.8. The number of aromatic nitrogens is 1. The second kappa shape index (κ2) is 11.6. The van der Waals surface area contributed by atoms with Gasteiger partial charge in [0, 0.05) is 58.2 Å². The molecule has 2 atom stereocenters. The number of anilines is 1. The molecule has 10 heteroatoms. The van der Waals surface area contributed by atoms with Crippen molar-refractivity contribution in [1.29, 1.82) is 0 Å². The molecule has 9 nitrogen and oxygen atoms in total. The van der Waals surface area contributed by atoms with Gasteiger partial charge in [-0.15, -0.1) is 0 Å². The van der Waals surface area contributed by atoms with Crippen molar-refractivity contribution >= 4 is 17.5 Å². The lowest BCUT2D eigenvalue weighted by Gasteiger charge is -2.44. The first-order chi connectivity index (χ1) is 18.2. The van der Waals surface area contributed by atoms with Gasteiger partial charge in [-0.3, -0.25) is 19.5 Å². The number of aliphatic hydroxyl groups excluding tert-OH is 1. The fourth-order valence-electron chi connectivity index (χ4n) is 4.69. The molecule has 0 radical (unpaired) electrons. The number of amides is 2. The van der Waals surface area contributed by atoms with Crippen LogP contribution >= 0.6 is 0 Å². The van der Waals surface area contributed by atoms with Crippen LogP contribution < -0.4 is 15.4 Å². The highest BCUT2D eigenvalue weighted by atomic mass is 19.1. The van der Waals surface area contributed by atoms with Crippen molar-refractivity contribution in [3.8, 4) is 5.75 Å². The Labute approximate surface area is 221 Å². The van der Waals surface area contributed by atoms with Crippen LogP contribution in [0.5, 0.6) is 5.75 Å². The molecular weight excluding hydrogens is 489 g/mol. The summed E-state index contributed by atoms with van der Waals surface area (Å²) in [6.45, 7) is 1.95. The first-order valence-electron chi connectivity index (χ1n) is 12.2. The fourth-order valence-corrected chi connectivity index (χ4v) is 4.69. The highest BCUT2D eigenvalue weighted by molar-refractivity contribution is 6.00. The van der Waals surface area contributed by atoms with E-state index in [-0.39, 0.29) is 23.3 Å². The quantitative estimate of drug-likeness (QED) is 0.469. The molecule has 0 aliphatic carbocycles. The van der Waals surface area contributed by atoms with Crippen molar-refractivity contribution in [3.05, 3.63) is 89.0 Å². The third-order valence-corrected chi connectivity index (χ3v) is 6.73. The molecule has 2 amide bonds. The highest BCUT2D eigenvalue weighted by Crippen LogP contribution is 2.35. The van der Waals surface area contributed by atoms with E-state index in [9.17, 15) is 19.1 Å². The molecule has 1 aliphatic rings. The monoisotopic (exact) mass is 521 g/mol. The van der Waals surface area contributed by atoms with Crippen molar-refractivity contribution in [2.45, 2.75) is 12.1 Å². The van der Waals surface area contributed by atoms with E-state index >= 15 is 0 Å². The maximum Gasteiger partial charge on any atom is 0.255 e. The van der Waals surface area contributed by atoms with Crippen molar-refractivity contribution in [2.24, 2.45) is 5.73 Å². The van der Waals surface area contributed by atoms with Crippen LogP contribution in [-0.2, 0) is 0 Å². The lowest BCUT2D eigenvalue weighted by Crippen LogP contribution is -2.50. The summed E-state index contributed by atoms with van der Waals surface area (Å²) < 4.78 is 19.2. The predicted molar refractivity (Wildman–Crippen MR) is 142 cm³/mol. The topological polar surface area (TPSA) is 112 Å². The van der Waals surface area contributed by atoms with E-state index in [0.29, 0.717) is 43.1 Å². The molecule has 3 N–H and O–H groups in total. The largest absolute Gasteiger partial charge is 0.497 e.